The topological polar surface area (TPSA) is 116 Å². The smallest absolute Gasteiger partial charge is 0.290 e. The summed E-state index contributed by atoms with van der Waals surface area (Å²) < 4.78 is 0. The van der Waals surface area contributed by atoms with Gasteiger partial charge in [0.1, 0.15) is 10.0 Å². The van der Waals surface area contributed by atoms with Gasteiger partial charge in [-0.15, -0.1) is 21.5 Å². The van der Waals surface area contributed by atoms with Crippen LogP contribution in [0.1, 0.15) is 16.4 Å². The number of carbonyl (C=O) groups excluding carboxylic acids is 1. The standard InChI is InChI=1S/C12H20N4O2S.CH2O2/c1-8-14-15-11(19-8)3-5-13-12(18)9-7-16(2)6-4-10(9)17;2-1-3/h9-10,17H,3-7H2,1-2H3,(H,13,18);1H,(H,2,3)/t9-,10+;/m1./s1. The van der Waals surface area contributed by atoms with Crippen molar-refractivity contribution in [2.24, 2.45) is 5.92 Å². The normalized spacial score (nSPS) is 21.6. The minimum Gasteiger partial charge on any atom is -0.483 e. The summed E-state index contributed by atoms with van der Waals surface area (Å²) in [4.78, 5) is 22.5. The van der Waals surface area contributed by atoms with Crippen molar-refractivity contribution in [1.29, 1.82) is 0 Å². The molecule has 1 aliphatic rings. The van der Waals surface area contributed by atoms with Gasteiger partial charge in [-0.3, -0.25) is 9.59 Å². The Balaban J connectivity index is 0.000000745. The number of nitrogens with one attached hydrogen (secondary N) is 1. The molecular formula is C13H22N4O4S. The SMILES string of the molecule is Cc1nnc(CCNC(=O)[C@@H]2CN(C)CC[C@@H]2O)s1.O=CO. The molecule has 0 aromatic carbocycles. The summed E-state index contributed by atoms with van der Waals surface area (Å²) in [5, 5.41) is 29.4. The minimum absolute atomic E-state index is 0.0692. The molecule has 2 atom stereocenters. The molecule has 2 rings (SSSR count). The fraction of sp³-hybridized carbons (Fsp3) is 0.692. The second-order valence-corrected chi connectivity index (χ2v) is 6.35. The second kappa shape index (κ2) is 9.44. The van der Waals surface area contributed by atoms with E-state index in [1.54, 1.807) is 11.3 Å². The van der Waals surface area contributed by atoms with E-state index in [1.807, 2.05) is 14.0 Å². The Morgan fingerprint density at radius 3 is 2.82 bits per heavy atom. The third kappa shape index (κ3) is 6.04. The van der Waals surface area contributed by atoms with Gasteiger partial charge in [0.2, 0.25) is 5.91 Å². The maximum Gasteiger partial charge on any atom is 0.290 e. The van der Waals surface area contributed by atoms with Crippen molar-refractivity contribution < 1.29 is 19.8 Å². The molecule has 0 aliphatic carbocycles. The largest absolute Gasteiger partial charge is 0.483 e. The van der Waals surface area contributed by atoms with E-state index in [0.29, 0.717) is 25.9 Å². The fourth-order valence-corrected chi connectivity index (χ4v) is 2.93. The highest BCUT2D eigenvalue weighted by atomic mass is 32.1. The average Bonchev–Trinajstić information content (AvgIpc) is 2.88. The zero-order valence-corrected chi connectivity index (χ0v) is 13.5. The Bertz CT molecular complexity index is 482. The van der Waals surface area contributed by atoms with Crippen molar-refractivity contribution >= 4 is 23.7 Å². The van der Waals surface area contributed by atoms with Gasteiger partial charge in [0, 0.05) is 26.1 Å². The first-order chi connectivity index (χ1) is 10.5. The van der Waals surface area contributed by atoms with Crippen LogP contribution in [0.3, 0.4) is 0 Å². The molecule has 1 aliphatic heterocycles. The maximum absolute atomic E-state index is 12.0. The van der Waals surface area contributed by atoms with Crippen LogP contribution < -0.4 is 5.32 Å². The number of piperidine rings is 1. The number of carbonyl (C=O) groups is 2. The molecule has 1 aromatic heterocycles. The molecule has 3 N–H and O–H groups in total. The van der Waals surface area contributed by atoms with Gasteiger partial charge in [0.15, 0.2) is 0 Å². The molecule has 0 bridgehead atoms. The first-order valence-electron chi connectivity index (χ1n) is 6.99. The van der Waals surface area contributed by atoms with E-state index in [9.17, 15) is 9.90 Å². The summed E-state index contributed by atoms with van der Waals surface area (Å²) in [6.07, 6.45) is 0.820. The maximum atomic E-state index is 12.0. The van der Waals surface area contributed by atoms with Crippen LogP contribution in [0.15, 0.2) is 0 Å². The number of rotatable bonds is 4. The van der Waals surface area contributed by atoms with Gasteiger partial charge in [-0.25, -0.2) is 0 Å². The van der Waals surface area contributed by atoms with E-state index in [1.165, 1.54) is 0 Å². The predicted molar refractivity (Wildman–Crippen MR) is 81.7 cm³/mol. The van der Waals surface area contributed by atoms with E-state index in [0.717, 1.165) is 16.6 Å². The zero-order chi connectivity index (χ0) is 16.5. The number of carboxylic acid groups (broad SMARTS) is 1. The Morgan fingerprint density at radius 1 is 1.55 bits per heavy atom. The fourth-order valence-electron chi connectivity index (χ4n) is 2.22. The van der Waals surface area contributed by atoms with Crippen molar-refractivity contribution in [3.8, 4) is 0 Å². The first kappa shape index (κ1) is 18.5. The van der Waals surface area contributed by atoms with E-state index in [2.05, 4.69) is 20.4 Å². The van der Waals surface area contributed by atoms with Crippen molar-refractivity contribution in [3.05, 3.63) is 10.0 Å². The zero-order valence-electron chi connectivity index (χ0n) is 12.7. The van der Waals surface area contributed by atoms with Gasteiger partial charge < -0.3 is 20.4 Å². The summed E-state index contributed by atoms with van der Waals surface area (Å²) in [5.41, 5.74) is 0. The van der Waals surface area contributed by atoms with Crippen LogP contribution in [0.25, 0.3) is 0 Å². The quantitative estimate of drug-likeness (QED) is 0.638. The van der Waals surface area contributed by atoms with E-state index < -0.39 is 6.10 Å². The molecule has 124 valence electrons. The Hall–Kier alpha value is -1.58. The number of nitrogens with zero attached hydrogens (tertiary/aromatic N) is 3. The molecule has 0 radical (unpaired) electrons. The summed E-state index contributed by atoms with van der Waals surface area (Å²) in [6, 6.07) is 0. The second-order valence-electron chi connectivity index (χ2n) is 5.09. The third-order valence-corrected chi connectivity index (χ3v) is 4.22. The van der Waals surface area contributed by atoms with Gasteiger partial charge in [-0.05, 0) is 20.4 Å². The Kier molecular flexibility index (Phi) is 7.92. The highest BCUT2D eigenvalue weighted by molar-refractivity contribution is 7.11. The monoisotopic (exact) mass is 330 g/mol. The lowest BCUT2D eigenvalue weighted by Crippen LogP contribution is -2.49. The number of likely N-dealkylation sites (tertiary alicyclic amines) is 1. The van der Waals surface area contributed by atoms with E-state index >= 15 is 0 Å². The lowest BCUT2D eigenvalue weighted by molar-refractivity contribution is -0.131. The molecule has 1 amide bonds. The number of amides is 1. The average molecular weight is 330 g/mol. The molecule has 9 heteroatoms. The van der Waals surface area contributed by atoms with Crippen LogP contribution in [0.4, 0.5) is 0 Å². The molecule has 0 spiro atoms. The van der Waals surface area contributed by atoms with Crippen molar-refractivity contribution in [2.45, 2.75) is 25.9 Å². The van der Waals surface area contributed by atoms with Gasteiger partial charge in [-0.1, -0.05) is 0 Å². The molecule has 1 saturated heterocycles. The van der Waals surface area contributed by atoms with Crippen molar-refractivity contribution in [2.75, 3.05) is 26.7 Å². The summed E-state index contributed by atoms with van der Waals surface area (Å²) >= 11 is 1.54. The highest BCUT2D eigenvalue weighted by Crippen LogP contribution is 2.16. The highest BCUT2D eigenvalue weighted by Gasteiger charge is 2.31. The van der Waals surface area contributed by atoms with Crippen LogP contribution in [-0.2, 0) is 16.0 Å². The number of hydrogen-bond acceptors (Lipinski definition) is 7. The van der Waals surface area contributed by atoms with Crippen molar-refractivity contribution in [3.63, 3.8) is 0 Å². The summed E-state index contributed by atoms with van der Waals surface area (Å²) in [7, 11) is 1.97. The lowest BCUT2D eigenvalue weighted by atomic mass is 9.94. The number of aliphatic hydroxyl groups is 1. The summed E-state index contributed by atoms with van der Waals surface area (Å²) in [5.74, 6) is -0.393. The van der Waals surface area contributed by atoms with E-state index in [4.69, 9.17) is 9.90 Å². The molecular weight excluding hydrogens is 308 g/mol. The van der Waals surface area contributed by atoms with Gasteiger partial charge in [-0.2, -0.15) is 0 Å². The number of aryl methyl sites for hydroxylation is 1. The molecule has 2 heterocycles. The van der Waals surface area contributed by atoms with Gasteiger partial charge >= 0.3 is 0 Å². The number of aromatic nitrogens is 2. The molecule has 1 aromatic rings. The first-order valence-corrected chi connectivity index (χ1v) is 7.80. The third-order valence-electron chi connectivity index (χ3n) is 3.32. The molecule has 1 fully saturated rings. The molecule has 22 heavy (non-hydrogen) atoms. The lowest BCUT2D eigenvalue weighted by Gasteiger charge is -2.32. The Morgan fingerprint density at radius 2 is 2.23 bits per heavy atom. The van der Waals surface area contributed by atoms with Crippen LogP contribution in [0.5, 0.6) is 0 Å². The Labute approximate surface area is 133 Å². The van der Waals surface area contributed by atoms with Gasteiger partial charge in [0.25, 0.3) is 6.47 Å². The van der Waals surface area contributed by atoms with Crippen LogP contribution in [-0.4, -0.2) is 70.5 Å². The molecule has 0 unspecified atom stereocenters. The number of hydrogen-bond donors (Lipinski definition) is 3. The number of aliphatic hydroxyl groups excluding tert-OH is 1. The molecule has 0 saturated carbocycles. The van der Waals surface area contributed by atoms with Crippen LogP contribution in [0, 0.1) is 12.8 Å². The van der Waals surface area contributed by atoms with Crippen molar-refractivity contribution in [1.82, 2.24) is 20.4 Å². The van der Waals surface area contributed by atoms with Gasteiger partial charge in [0.05, 0.1) is 12.0 Å². The van der Waals surface area contributed by atoms with Crippen LogP contribution in [0.2, 0.25) is 0 Å². The van der Waals surface area contributed by atoms with Crippen LogP contribution >= 0.6 is 11.3 Å². The van der Waals surface area contributed by atoms with E-state index in [-0.39, 0.29) is 18.3 Å². The summed E-state index contributed by atoms with van der Waals surface area (Å²) in [6.45, 7) is 3.66. The minimum atomic E-state index is -0.528. The predicted octanol–water partition coefficient (Wildman–Crippen LogP) is -0.481. The molecule has 8 nitrogen and oxygen atoms in total.